The molecule has 0 bridgehead atoms. The lowest BCUT2D eigenvalue weighted by Crippen LogP contribution is -2.40. The summed E-state index contributed by atoms with van der Waals surface area (Å²) in [5, 5.41) is 9.49. The summed E-state index contributed by atoms with van der Waals surface area (Å²) in [5.41, 5.74) is 0. The Morgan fingerprint density at radius 3 is 2.71 bits per heavy atom. The van der Waals surface area contributed by atoms with Gasteiger partial charge in [-0.25, -0.2) is 0 Å². The Balaban J connectivity index is 1.60. The van der Waals surface area contributed by atoms with Crippen molar-refractivity contribution in [2.24, 2.45) is 17.8 Å². The fraction of sp³-hybridized carbons (Fsp3) is 0.929. The molecule has 96 valence electrons. The molecule has 0 spiro atoms. The molecule has 4 atom stereocenters. The number of aliphatic hydroxyl groups excluding tert-OH is 1. The molecule has 0 radical (unpaired) electrons. The number of amides is 1. The average molecular weight is 237 g/mol. The van der Waals surface area contributed by atoms with Crippen LogP contribution in [0.25, 0.3) is 0 Å². The molecule has 3 nitrogen and oxygen atoms in total. The monoisotopic (exact) mass is 237 g/mol. The predicted octanol–water partition coefficient (Wildman–Crippen LogP) is 1.79. The Hall–Kier alpha value is -0.570. The average Bonchev–Trinajstić information content (AvgIpc) is 2.73. The van der Waals surface area contributed by atoms with Gasteiger partial charge in [0.15, 0.2) is 0 Å². The Kier molecular flexibility index (Phi) is 2.89. The highest BCUT2D eigenvalue weighted by molar-refractivity contribution is 5.80. The van der Waals surface area contributed by atoms with Crippen LogP contribution < -0.4 is 0 Å². The van der Waals surface area contributed by atoms with E-state index in [1.54, 1.807) is 0 Å². The molecule has 0 aromatic rings. The molecule has 3 fully saturated rings. The van der Waals surface area contributed by atoms with Crippen LogP contribution in [0.4, 0.5) is 0 Å². The summed E-state index contributed by atoms with van der Waals surface area (Å²) >= 11 is 0. The summed E-state index contributed by atoms with van der Waals surface area (Å²) in [6, 6.07) is 0.305. The zero-order chi connectivity index (χ0) is 12.0. The summed E-state index contributed by atoms with van der Waals surface area (Å²) in [7, 11) is 0. The maximum absolute atomic E-state index is 12.4. The number of carbonyl (C=O) groups is 1. The number of hydrogen-bond donors (Lipinski definition) is 1. The second-order valence-electron chi connectivity index (χ2n) is 6.34. The van der Waals surface area contributed by atoms with Gasteiger partial charge in [0.2, 0.25) is 5.91 Å². The maximum Gasteiger partial charge on any atom is 0.225 e. The van der Waals surface area contributed by atoms with Crippen LogP contribution >= 0.6 is 0 Å². The zero-order valence-electron chi connectivity index (χ0n) is 10.6. The van der Waals surface area contributed by atoms with Crippen LogP contribution in [0.2, 0.25) is 0 Å². The highest BCUT2D eigenvalue weighted by Gasteiger charge is 2.49. The molecule has 3 heteroatoms. The van der Waals surface area contributed by atoms with E-state index in [0.717, 1.165) is 50.5 Å². The van der Waals surface area contributed by atoms with Crippen LogP contribution in [0.1, 0.15) is 45.4 Å². The molecule has 4 unspecified atom stereocenters. The van der Waals surface area contributed by atoms with Gasteiger partial charge in [-0.1, -0.05) is 0 Å². The van der Waals surface area contributed by atoms with E-state index in [1.165, 1.54) is 6.42 Å². The minimum Gasteiger partial charge on any atom is -0.393 e. The number of hydrogen-bond acceptors (Lipinski definition) is 2. The van der Waals surface area contributed by atoms with Gasteiger partial charge in [0.25, 0.3) is 0 Å². The first-order valence-corrected chi connectivity index (χ1v) is 7.13. The molecule has 17 heavy (non-hydrogen) atoms. The van der Waals surface area contributed by atoms with Gasteiger partial charge in [0.1, 0.15) is 0 Å². The molecule has 1 N–H and O–H groups in total. The first kappa shape index (κ1) is 11.5. The second kappa shape index (κ2) is 4.27. The maximum atomic E-state index is 12.4. The van der Waals surface area contributed by atoms with Crippen molar-refractivity contribution in [3.63, 3.8) is 0 Å². The van der Waals surface area contributed by atoms with Crippen LogP contribution in [0, 0.1) is 17.8 Å². The van der Waals surface area contributed by atoms with E-state index in [9.17, 15) is 9.90 Å². The first-order chi connectivity index (χ1) is 8.15. The third kappa shape index (κ3) is 2.22. The predicted molar refractivity (Wildman–Crippen MR) is 65.4 cm³/mol. The summed E-state index contributed by atoms with van der Waals surface area (Å²) in [6.45, 7) is 2.74. The summed E-state index contributed by atoms with van der Waals surface area (Å²) in [4.78, 5) is 14.5. The number of carbonyl (C=O) groups excluding carboxylic acids is 1. The normalized spacial score (nSPS) is 41.4. The lowest BCUT2D eigenvalue weighted by Gasteiger charge is -2.28. The lowest BCUT2D eigenvalue weighted by molar-refractivity contribution is -0.136. The second-order valence-corrected chi connectivity index (χ2v) is 6.34. The van der Waals surface area contributed by atoms with Crippen molar-refractivity contribution >= 4 is 5.91 Å². The molecule has 0 aromatic heterocycles. The zero-order valence-corrected chi connectivity index (χ0v) is 10.6. The molecular formula is C14H23NO2. The molecule has 1 amide bonds. The molecule has 3 aliphatic rings. The SMILES string of the molecule is CC(O)CC1CCCN1C(=O)C1CC2CC2C1. The van der Waals surface area contributed by atoms with Gasteiger partial charge in [-0.05, 0) is 57.3 Å². The van der Waals surface area contributed by atoms with Crippen LogP contribution in [0.5, 0.6) is 0 Å². The minimum atomic E-state index is -0.287. The summed E-state index contributed by atoms with van der Waals surface area (Å²) < 4.78 is 0. The van der Waals surface area contributed by atoms with Crippen LogP contribution in [-0.2, 0) is 4.79 Å². The number of likely N-dealkylation sites (tertiary alicyclic amines) is 1. The fourth-order valence-electron chi connectivity index (χ4n) is 3.92. The van der Waals surface area contributed by atoms with Gasteiger partial charge < -0.3 is 10.0 Å². The van der Waals surface area contributed by atoms with E-state index in [0.29, 0.717) is 17.9 Å². The minimum absolute atomic E-state index is 0.287. The van der Waals surface area contributed by atoms with Gasteiger partial charge in [0.05, 0.1) is 6.10 Å². The topological polar surface area (TPSA) is 40.5 Å². The Morgan fingerprint density at radius 2 is 2.06 bits per heavy atom. The van der Waals surface area contributed by atoms with Crippen molar-refractivity contribution in [2.45, 2.75) is 57.6 Å². The van der Waals surface area contributed by atoms with E-state index < -0.39 is 0 Å². The van der Waals surface area contributed by atoms with E-state index in [1.807, 2.05) is 6.92 Å². The van der Waals surface area contributed by atoms with Crippen molar-refractivity contribution in [3.8, 4) is 0 Å². The Bertz CT molecular complexity index is 305. The summed E-state index contributed by atoms with van der Waals surface area (Å²) in [6.07, 6.45) is 6.32. The van der Waals surface area contributed by atoms with Gasteiger partial charge in [-0.3, -0.25) is 4.79 Å². The number of nitrogens with zero attached hydrogens (tertiary/aromatic N) is 1. The van der Waals surface area contributed by atoms with Gasteiger partial charge in [-0.15, -0.1) is 0 Å². The Labute approximate surface area is 103 Å². The van der Waals surface area contributed by atoms with E-state index >= 15 is 0 Å². The van der Waals surface area contributed by atoms with Crippen molar-refractivity contribution in [3.05, 3.63) is 0 Å². The number of aliphatic hydroxyl groups is 1. The largest absolute Gasteiger partial charge is 0.393 e. The summed E-state index contributed by atoms with van der Waals surface area (Å²) in [5.74, 6) is 2.46. The lowest BCUT2D eigenvalue weighted by atomic mass is 10.0. The van der Waals surface area contributed by atoms with E-state index in [4.69, 9.17) is 0 Å². The van der Waals surface area contributed by atoms with Crippen LogP contribution in [0.15, 0.2) is 0 Å². The smallest absolute Gasteiger partial charge is 0.225 e. The third-order valence-electron chi connectivity index (χ3n) is 4.87. The van der Waals surface area contributed by atoms with E-state index in [2.05, 4.69) is 4.90 Å². The van der Waals surface area contributed by atoms with Crippen molar-refractivity contribution in [1.29, 1.82) is 0 Å². The number of fused-ring (bicyclic) bond motifs is 1. The standard InChI is InChI=1S/C14H23NO2/c1-9(16)5-13-3-2-4-15(13)14(17)12-7-10-6-11(10)8-12/h9-13,16H,2-8H2,1H3. The molecule has 1 aliphatic heterocycles. The fourth-order valence-corrected chi connectivity index (χ4v) is 3.92. The molecule has 2 saturated carbocycles. The quantitative estimate of drug-likeness (QED) is 0.813. The molecule has 1 saturated heterocycles. The van der Waals surface area contributed by atoms with Crippen molar-refractivity contribution in [1.82, 2.24) is 4.90 Å². The molecule has 2 aliphatic carbocycles. The van der Waals surface area contributed by atoms with Crippen LogP contribution in [-0.4, -0.2) is 34.6 Å². The molecular weight excluding hydrogens is 214 g/mol. The highest BCUT2D eigenvalue weighted by Crippen LogP contribution is 2.54. The van der Waals surface area contributed by atoms with Crippen molar-refractivity contribution < 1.29 is 9.90 Å². The van der Waals surface area contributed by atoms with Crippen molar-refractivity contribution in [2.75, 3.05) is 6.54 Å². The Morgan fingerprint density at radius 1 is 1.35 bits per heavy atom. The highest BCUT2D eigenvalue weighted by atomic mass is 16.3. The number of rotatable bonds is 3. The molecule has 1 heterocycles. The van der Waals surface area contributed by atoms with Gasteiger partial charge in [0, 0.05) is 18.5 Å². The third-order valence-corrected chi connectivity index (χ3v) is 4.87. The van der Waals surface area contributed by atoms with Gasteiger partial charge >= 0.3 is 0 Å². The first-order valence-electron chi connectivity index (χ1n) is 7.13. The van der Waals surface area contributed by atoms with E-state index in [-0.39, 0.29) is 6.10 Å². The molecule has 3 rings (SSSR count). The van der Waals surface area contributed by atoms with Gasteiger partial charge in [-0.2, -0.15) is 0 Å². The molecule has 0 aromatic carbocycles. The van der Waals surface area contributed by atoms with Crippen LogP contribution in [0.3, 0.4) is 0 Å².